The molecule has 342 valence electrons. The summed E-state index contributed by atoms with van der Waals surface area (Å²) >= 11 is 3.47. The number of carboxylic acid groups (broad SMARTS) is 2. The van der Waals surface area contributed by atoms with Crippen LogP contribution in [0.3, 0.4) is 0 Å². The van der Waals surface area contributed by atoms with E-state index in [4.69, 9.17) is 0 Å². The third kappa shape index (κ3) is 21.5. The molecule has 2 aromatic rings. The molecule has 1 aliphatic rings. The number of amides is 3. The fourth-order valence-corrected chi connectivity index (χ4v) is 7.33. The third-order valence-corrected chi connectivity index (χ3v) is 11.1. The molecule has 1 heterocycles. The van der Waals surface area contributed by atoms with E-state index in [0.717, 1.165) is 47.6 Å². The summed E-state index contributed by atoms with van der Waals surface area (Å²) in [7, 11) is 0. The van der Waals surface area contributed by atoms with Crippen molar-refractivity contribution in [2.24, 2.45) is 0 Å². The van der Waals surface area contributed by atoms with Crippen LogP contribution in [0.4, 0.5) is 0 Å². The van der Waals surface area contributed by atoms with E-state index in [0.29, 0.717) is 103 Å². The molecule has 3 amide bonds. The molecule has 0 saturated carbocycles. The highest BCUT2D eigenvalue weighted by molar-refractivity contribution is 9.10. The number of nitrogens with one attached hydrogen (secondary N) is 3. The zero-order chi connectivity index (χ0) is 45.1. The lowest BCUT2D eigenvalue weighted by atomic mass is 10.1. The molecule has 1 atom stereocenters. The fraction of sp³-hybridized carbons (Fsp3) is 0.568. The zero-order valence-electron chi connectivity index (χ0n) is 36.0. The van der Waals surface area contributed by atoms with E-state index in [1.165, 1.54) is 0 Å². The van der Waals surface area contributed by atoms with Crippen molar-refractivity contribution in [3.63, 3.8) is 0 Å². The van der Waals surface area contributed by atoms with E-state index in [1.54, 1.807) is 21.9 Å². The zero-order valence-corrected chi connectivity index (χ0v) is 37.6. The van der Waals surface area contributed by atoms with Crippen LogP contribution in [0.15, 0.2) is 53.0 Å². The van der Waals surface area contributed by atoms with E-state index >= 15 is 0 Å². The number of benzene rings is 2. The molecule has 0 aromatic heterocycles. The molecular weight excluding hydrogens is 864 g/mol. The van der Waals surface area contributed by atoms with Crippen molar-refractivity contribution in [3.8, 4) is 0 Å². The molecule has 0 aliphatic carbocycles. The summed E-state index contributed by atoms with van der Waals surface area (Å²) in [5.74, 6) is -2.40. The first-order chi connectivity index (χ1) is 29.9. The first-order valence-electron chi connectivity index (χ1n) is 21.5. The summed E-state index contributed by atoms with van der Waals surface area (Å²) in [5.41, 5.74) is 2.41. The topological polar surface area (TPSA) is 212 Å². The molecular formula is C44H65BrN8O9. The Morgan fingerprint density at radius 3 is 1.82 bits per heavy atom. The maximum atomic E-state index is 13.7. The van der Waals surface area contributed by atoms with Crippen LogP contribution in [0, 0.1) is 0 Å². The summed E-state index contributed by atoms with van der Waals surface area (Å²) < 4.78 is 0.958. The van der Waals surface area contributed by atoms with Gasteiger partial charge in [-0.25, -0.2) is 0 Å². The van der Waals surface area contributed by atoms with Crippen molar-refractivity contribution < 1.29 is 43.8 Å². The number of likely N-dealkylation sites (N-methyl/N-ethyl adjacent to an activating group) is 1. The van der Waals surface area contributed by atoms with Crippen LogP contribution >= 0.6 is 15.9 Å². The number of hydrogen-bond acceptors (Lipinski definition) is 12. The van der Waals surface area contributed by atoms with Gasteiger partial charge in [0.1, 0.15) is 12.6 Å². The summed E-state index contributed by atoms with van der Waals surface area (Å²) in [6.07, 6.45) is 5.43. The normalized spacial score (nSPS) is 15.4. The first kappa shape index (κ1) is 51.8. The van der Waals surface area contributed by atoms with E-state index < -0.39 is 11.9 Å². The fourth-order valence-electron chi connectivity index (χ4n) is 7.07. The van der Waals surface area contributed by atoms with E-state index in [1.807, 2.05) is 58.0 Å². The summed E-state index contributed by atoms with van der Waals surface area (Å²) in [4.78, 5) is 94.1. The molecule has 18 heteroatoms. The van der Waals surface area contributed by atoms with E-state index in [-0.39, 0.29) is 56.4 Å². The van der Waals surface area contributed by atoms with Crippen molar-refractivity contribution in [3.05, 3.63) is 69.7 Å². The van der Waals surface area contributed by atoms with Gasteiger partial charge in [0.05, 0.1) is 32.2 Å². The lowest BCUT2D eigenvalue weighted by Gasteiger charge is -2.32. The van der Waals surface area contributed by atoms with Gasteiger partial charge in [0.15, 0.2) is 0 Å². The molecule has 3 rings (SSSR count). The smallest absolute Gasteiger partial charge is 0.317 e. The molecule has 0 spiro atoms. The van der Waals surface area contributed by atoms with Gasteiger partial charge >= 0.3 is 11.9 Å². The quantitative estimate of drug-likeness (QED) is 0.0675. The van der Waals surface area contributed by atoms with Gasteiger partial charge in [-0.2, -0.15) is 0 Å². The minimum absolute atomic E-state index is 0.0783. The Bertz CT molecular complexity index is 1700. The van der Waals surface area contributed by atoms with Gasteiger partial charge < -0.3 is 40.7 Å². The number of carbonyl (C=O) groups is 7. The van der Waals surface area contributed by atoms with Crippen LogP contribution in [0.2, 0.25) is 0 Å². The molecule has 1 aliphatic heterocycles. The second-order valence-electron chi connectivity index (χ2n) is 15.5. The lowest BCUT2D eigenvalue weighted by molar-refractivity contribution is -0.140. The Kier molecular flexibility index (Phi) is 24.8. The number of unbranched alkanes of at least 4 members (excludes halogenated alkanes) is 2. The van der Waals surface area contributed by atoms with Crippen LogP contribution in [-0.4, -0.2) is 181 Å². The van der Waals surface area contributed by atoms with Gasteiger partial charge in [0.25, 0.3) is 5.91 Å². The minimum Gasteiger partial charge on any atom is -0.480 e. The van der Waals surface area contributed by atoms with Crippen molar-refractivity contribution in [1.29, 1.82) is 0 Å². The van der Waals surface area contributed by atoms with Gasteiger partial charge in [-0.3, -0.25) is 43.6 Å². The Hall–Kier alpha value is -4.59. The van der Waals surface area contributed by atoms with Crippen LogP contribution in [-0.2, 0) is 41.9 Å². The molecule has 1 fully saturated rings. The highest BCUT2D eigenvalue weighted by atomic mass is 79.9. The number of rotatable bonds is 26. The number of aliphatic carboxylic acids is 2. The van der Waals surface area contributed by atoms with Crippen molar-refractivity contribution in [2.45, 2.75) is 64.6 Å². The van der Waals surface area contributed by atoms with Gasteiger partial charge in [0, 0.05) is 95.0 Å². The SMILES string of the molecule is CCNC(C=O)CCCCN(Cc1ccc(Br)cc1)C(=O)c1ccc(CNC(=O)CCCCNC(=O)CN2CCN(CC=O)CCN(CC(=O)O)CCN(CC(=O)O)CC2)cc1. The molecule has 5 N–H and O–H groups in total. The molecule has 62 heavy (non-hydrogen) atoms. The first-order valence-corrected chi connectivity index (χ1v) is 22.3. The number of hydrogen-bond donors (Lipinski definition) is 5. The van der Waals surface area contributed by atoms with Crippen LogP contribution < -0.4 is 16.0 Å². The van der Waals surface area contributed by atoms with Gasteiger partial charge in [-0.05, 0) is 74.0 Å². The number of nitrogens with zero attached hydrogens (tertiary/aromatic N) is 5. The molecule has 1 saturated heterocycles. The Labute approximate surface area is 373 Å². The average molecular weight is 930 g/mol. The summed E-state index contributed by atoms with van der Waals surface area (Å²) in [6.45, 7) is 7.43. The lowest BCUT2D eigenvalue weighted by Crippen LogP contribution is -2.49. The van der Waals surface area contributed by atoms with Gasteiger partial charge in [-0.1, -0.05) is 47.1 Å². The second kappa shape index (κ2) is 29.7. The van der Waals surface area contributed by atoms with E-state index in [2.05, 4.69) is 31.9 Å². The van der Waals surface area contributed by atoms with Crippen LogP contribution in [0.1, 0.15) is 66.9 Å². The second-order valence-corrected chi connectivity index (χ2v) is 16.4. The number of carboxylic acids is 2. The van der Waals surface area contributed by atoms with E-state index in [9.17, 15) is 43.8 Å². The highest BCUT2D eigenvalue weighted by Crippen LogP contribution is 2.16. The number of halogens is 1. The maximum absolute atomic E-state index is 13.7. The highest BCUT2D eigenvalue weighted by Gasteiger charge is 2.21. The average Bonchev–Trinajstić information content (AvgIpc) is 3.24. The van der Waals surface area contributed by atoms with Crippen LogP contribution in [0.5, 0.6) is 0 Å². The Balaban J connectivity index is 1.43. The molecule has 1 unspecified atom stereocenters. The molecule has 0 radical (unpaired) electrons. The Morgan fingerprint density at radius 1 is 0.710 bits per heavy atom. The number of aldehydes is 2. The largest absolute Gasteiger partial charge is 0.480 e. The molecule has 2 aromatic carbocycles. The standard InChI is InChI=1S/C44H65BrN8O9/c1-2-46-39(34-55)7-4-6-18-53(30-36-11-15-38(45)16-12-36)44(62)37-13-9-35(10-14-37)29-48-40(56)8-3-5-17-47-41(57)31-50-21-19-49(27-28-54)20-22-51(32-42(58)59)25-26-52(24-23-50)33-43(60)61/h9-16,28,34,39,46H,2-8,17-27,29-33H2,1H3,(H,47,57)(H,48,56)(H,58,59)(H,60,61). The predicted octanol–water partition coefficient (Wildman–Crippen LogP) is 1.93. The minimum atomic E-state index is -0.995. The van der Waals surface area contributed by atoms with Crippen molar-refractivity contribution >= 4 is 58.2 Å². The number of carbonyl (C=O) groups excluding carboxylic acids is 5. The van der Waals surface area contributed by atoms with Crippen molar-refractivity contribution in [1.82, 2.24) is 40.4 Å². The summed E-state index contributed by atoms with van der Waals surface area (Å²) in [5, 5.41) is 27.8. The van der Waals surface area contributed by atoms with Gasteiger partial charge in [0.2, 0.25) is 11.8 Å². The predicted molar refractivity (Wildman–Crippen MR) is 239 cm³/mol. The maximum Gasteiger partial charge on any atom is 0.317 e. The third-order valence-electron chi connectivity index (χ3n) is 10.6. The van der Waals surface area contributed by atoms with Crippen molar-refractivity contribution in [2.75, 3.05) is 98.2 Å². The van der Waals surface area contributed by atoms with Gasteiger partial charge in [-0.15, -0.1) is 0 Å². The molecule has 17 nitrogen and oxygen atoms in total. The Morgan fingerprint density at radius 2 is 1.27 bits per heavy atom. The van der Waals surface area contributed by atoms with Crippen LogP contribution in [0.25, 0.3) is 0 Å². The monoisotopic (exact) mass is 928 g/mol. The molecule has 0 bridgehead atoms. The summed E-state index contributed by atoms with van der Waals surface area (Å²) in [6, 6.07) is 14.9.